The van der Waals surface area contributed by atoms with E-state index in [1.807, 2.05) is 51.1 Å². The molecule has 0 saturated carbocycles. The van der Waals surface area contributed by atoms with Crippen LogP contribution in [-0.4, -0.2) is 29.8 Å². The minimum Gasteiger partial charge on any atom is -0.495 e. The van der Waals surface area contributed by atoms with Gasteiger partial charge in [0.15, 0.2) is 0 Å². The maximum atomic E-state index is 12.4. The zero-order chi connectivity index (χ0) is 28.4. The molecule has 1 atom stereocenters. The van der Waals surface area contributed by atoms with Crippen molar-refractivity contribution in [3.63, 3.8) is 0 Å². The van der Waals surface area contributed by atoms with Gasteiger partial charge in [-0.15, -0.1) is 0 Å². The van der Waals surface area contributed by atoms with Crippen molar-refractivity contribution in [1.29, 1.82) is 0 Å². The second-order valence-electron chi connectivity index (χ2n) is 10.1. The van der Waals surface area contributed by atoms with Crippen molar-refractivity contribution in [2.45, 2.75) is 38.9 Å². The third-order valence-electron chi connectivity index (χ3n) is 6.88. The van der Waals surface area contributed by atoms with Gasteiger partial charge in [-0.2, -0.15) is 0 Å². The van der Waals surface area contributed by atoms with E-state index in [2.05, 4.69) is 4.98 Å². The maximum Gasteiger partial charge on any atom is 0.338 e. The Morgan fingerprint density at radius 3 is 2.50 bits per heavy atom. The SMILES string of the molecule is CC(C)(OC(=O)c1ccccc1)C1Cc2cc3ccc(=O)oc3cc2O1.COc1cccc2c(C)cc(=O)[nH]c12. The normalized spacial score (nSPS) is 14.2. The van der Waals surface area contributed by atoms with E-state index in [9.17, 15) is 14.4 Å². The Morgan fingerprint density at radius 2 is 1.75 bits per heavy atom. The fourth-order valence-corrected chi connectivity index (χ4v) is 4.73. The molecule has 0 aliphatic carbocycles. The molecule has 5 aromatic rings. The number of aryl methyl sites for hydroxylation is 1. The molecule has 0 saturated heterocycles. The standard InChI is InChI=1S/C21H18O5.C11H11NO2/c1-21(2,26-20(23)13-6-4-3-5-7-13)18-11-15-10-14-8-9-19(22)25-16(14)12-17(15)24-18;1-7-6-10(13)12-11-8(7)4-3-5-9(11)14-2/h3-10,12,18H,11H2,1-2H3;3-6H,1-2H3,(H,12,13). The molecule has 6 rings (SSSR count). The van der Waals surface area contributed by atoms with Crippen molar-refractivity contribution < 1.29 is 23.4 Å². The average Bonchev–Trinajstić information content (AvgIpc) is 3.36. The number of hydrogen-bond donors (Lipinski definition) is 1. The van der Waals surface area contributed by atoms with Crippen molar-refractivity contribution in [3.05, 3.63) is 116 Å². The van der Waals surface area contributed by atoms with Gasteiger partial charge in [0.25, 0.3) is 0 Å². The number of H-pyrrole nitrogens is 1. The van der Waals surface area contributed by atoms with E-state index in [0.717, 1.165) is 27.4 Å². The molecule has 0 radical (unpaired) electrons. The lowest BCUT2D eigenvalue weighted by molar-refractivity contribution is -0.0517. The van der Waals surface area contributed by atoms with Crippen LogP contribution in [0.3, 0.4) is 0 Å². The van der Waals surface area contributed by atoms with Crippen LogP contribution in [0.5, 0.6) is 11.5 Å². The Bertz CT molecular complexity index is 1820. The quantitative estimate of drug-likeness (QED) is 0.235. The predicted octanol–water partition coefficient (Wildman–Crippen LogP) is 5.58. The van der Waals surface area contributed by atoms with Crippen LogP contribution in [-0.2, 0) is 11.2 Å². The first-order valence-electron chi connectivity index (χ1n) is 12.8. The Hall–Kier alpha value is -4.85. The zero-order valence-electron chi connectivity index (χ0n) is 22.6. The number of ether oxygens (including phenoxy) is 3. The van der Waals surface area contributed by atoms with Gasteiger partial charge in [0.1, 0.15) is 28.8 Å². The number of carbonyl (C=O) groups is 1. The summed E-state index contributed by atoms with van der Waals surface area (Å²) in [4.78, 5) is 37.8. The average molecular weight is 540 g/mol. The summed E-state index contributed by atoms with van der Waals surface area (Å²) in [6.45, 7) is 5.59. The number of carbonyl (C=O) groups excluding carboxylic acids is 1. The highest BCUT2D eigenvalue weighted by molar-refractivity contribution is 5.89. The third kappa shape index (κ3) is 5.47. The molecule has 8 heteroatoms. The van der Waals surface area contributed by atoms with Gasteiger partial charge in [0, 0.05) is 35.4 Å². The van der Waals surface area contributed by atoms with Crippen molar-refractivity contribution in [2.75, 3.05) is 7.11 Å². The Kier molecular flexibility index (Phi) is 7.17. The number of rotatable bonds is 4. The largest absolute Gasteiger partial charge is 0.495 e. The number of methoxy groups -OCH3 is 1. The maximum absolute atomic E-state index is 12.4. The van der Waals surface area contributed by atoms with E-state index in [1.54, 1.807) is 49.6 Å². The summed E-state index contributed by atoms with van der Waals surface area (Å²) >= 11 is 0. The van der Waals surface area contributed by atoms with Crippen LogP contribution in [0.4, 0.5) is 0 Å². The molecule has 204 valence electrons. The second-order valence-corrected chi connectivity index (χ2v) is 10.1. The molecule has 1 unspecified atom stereocenters. The van der Waals surface area contributed by atoms with Gasteiger partial charge >= 0.3 is 11.6 Å². The molecule has 1 N–H and O–H groups in total. The van der Waals surface area contributed by atoms with Crippen LogP contribution in [0, 0.1) is 6.92 Å². The summed E-state index contributed by atoms with van der Waals surface area (Å²) in [6.07, 6.45) is 0.285. The van der Waals surface area contributed by atoms with E-state index in [0.29, 0.717) is 29.1 Å². The molecule has 3 heterocycles. The van der Waals surface area contributed by atoms with Crippen LogP contribution in [0.25, 0.3) is 21.9 Å². The van der Waals surface area contributed by atoms with Crippen LogP contribution in [0.1, 0.15) is 35.3 Å². The van der Waals surface area contributed by atoms with E-state index in [-0.39, 0.29) is 17.6 Å². The van der Waals surface area contributed by atoms with Gasteiger partial charge in [0.05, 0.1) is 18.2 Å². The molecule has 0 fully saturated rings. The van der Waals surface area contributed by atoms with E-state index in [1.165, 1.54) is 6.07 Å². The van der Waals surface area contributed by atoms with Gasteiger partial charge in [-0.05, 0) is 62.2 Å². The number of aromatic amines is 1. The number of hydrogen-bond acceptors (Lipinski definition) is 7. The molecule has 0 bridgehead atoms. The van der Waals surface area contributed by atoms with Gasteiger partial charge in [0.2, 0.25) is 5.56 Å². The second kappa shape index (κ2) is 10.7. The van der Waals surface area contributed by atoms with Crippen molar-refractivity contribution in [1.82, 2.24) is 4.98 Å². The van der Waals surface area contributed by atoms with Crippen LogP contribution in [0.15, 0.2) is 92.9 Å². The predicted molar refractivity (Wildman–Crippen MR) is 152 cm³/mol. The summed E-state index contributed by atoms with van der Waals surface area (Å²) in [6, 6.07) is 23.0. The minimum absolute atomic E-state index is 0.0977. The molecule has 0 amide bonds. The third-order valence-corrected chi connectivity index (χ3v) is 6.88. The van der Waals surface area contributed by atoms with E-state index in [4.69, 9.17) is 18.6 Å². The molecule has 1 aliphatic heterocycles. The van der Waals surface area contributed by atoms with Gasteiger partial charge in [-0.1, -0.05) is 30.3 Å². The van der Waals surface area contributed by atoms with Crippen LogP contribution in [0.2, 0.25) is 0 Å². The fourth-order valence-electron chi connectivity index (χ4n) is 4.73. The number of pyridine rings is 1. The van der Waals surface area contributed by atoms with Gasteiger partial charge in [-0.3, -0.25) is 4.79 Å². The molecule has 1 aliphatic rings. The number of benzene rings is 3. The Labute approximate surface area is 230 Å². The fraction of sp³-hybridized carbons (Fsp3) is 0.219. The lowest BCUT2D eigenvalue weighted by atomic mass is 9.96. The highest BCUT2D eigenvalue weighted by Gasteiger charge is 2.40. The van der Waals surface area contributed by atoms with Crippen molar-refractivity contribution in [3.8, 4) is 11.5 Å². The molecular weight excluding hydrogens is 510 g/mol. The molecule has 40 heavy (non-hydrogen) atoms. The molecule has 2 aromatic heterocycles. The highest BCUT2D eigenvalue weighted by Crippen LogP contribution is 2.37. The number of nitrogens with one attached hydrogen (secondary N) is 1. The summed E-state index contributed by atoms with van der Waals surface area (Å²) in [5.41, 5.74) is 2.39. The summed E-state index contributed by atoms with van der Waals surface area (Å²) in [7, 11) is 1.59. The Morgan fingerprint density at radius 1 is 0.975 bits per heavy atom. The van der Waals surface area contributed by atoms with Crippen LogP contribution < -0.4 is 20.7 Å². The topological polar surface area (TPSA) is 108 Å². The monoisotopic (exact) mass is 539 g/mol. The number of fused-ring (bicyclic) bond motifs is 3. The minimum atomic E-state index is -0.820. The first-order valence-corrected chi connectivity index (χ1v) is 12.8. The lowest BCUT2D eigenvalue weighted by Crippen LogP contribution is -2.43. The van der Waals surface area contributed by atoms with Crippen molar-refractivity contribution >= 4 is 27.8 Å². The first-order chi connectivity index (χ1) is 19.1. The first kappa shape index (κ1) is 26.7. The molecule has 8 nitrogen and oxygen atoms in total. The molecule has 0 spiro atoms. The van der Waals surface area contributed by atoms with Gasteiger partial charge < -0.3 is 23.6 Å². The van der Waals surface area contributed by atoms with E-state index < -0.39 is 11.2 Å². The van der Waals surface area contributed by atoms with Gasteiger partial charge in [-0.25, -0.2) is 9.59 Å². The van der Waals surface area contributed by atoms with Crippen molar-refractivity contribution in [2.24, 2.45) is 0 Å². The number of esters is 1. The zero-order valence-corrected chi connectivity index (χ0v) is 22.6. The molecular formula is C32H29NO7. The lowest BCUT2D eigenvalue weighted by Gasteiger charge is -2.30. The summed E-state index contributed by atoms with van der Waals surface area (Å²) in [5.74, 6) is 0.968. The van der Waals surface area contributed by atoms with Crippen LogP contribution >= 0.6 is 0 Å². The summed E-state index contributed by atoms with van der Waals surface area (Å²) < 4.78 is 22.1. The highest BCUT2D eigenvalue weighted by atomic mass is 16.6. The number of aromatic nitrogens is 1. The summed E-state index contributed by atoms with van der Waals surface area (Å²) in [5, 5.41) is 1.86. The van der Waals surface area contributed by atoms with E-state index >= 15 is 0 Å². The molecule has 3 aromatic carbocycles. The Balaban J connectivity index is 0.000000194. The number of para-hydroxylation sites is 1. The smallest absolute Gasteiger partial charge is 0.338 e.